The molecule has 0 spiro atoms. The average Bonchev–Trinajstić information content (AvgIpc) is 2.85. The van der Waals surface area contributed by atoms with Crippen molar-refractivity contribution in [2.75, 3.05) is 26.0 Å². The van der Waals surface area contributed by atoms with Gasteiger partial charge in [-0.15, -0.1) is 11.3 Å². The van der Waals surface area contributed by atoms with Crippen molar-refractivity contribution >= 4 is 63.6 Å². The summed E-state index contributed by atoms with van der Waals surface area (Å²) in [6.07, 6.45) is 0. The number of halogens is 3. The second-order valence-electron chi connectivity index (χ2n) is 4.79. The lowest BCUT2D eigenvalue weighted by atomic mass is 10.2. The zero-order valence-electron chi connectivity index (χ0n) is 12.7. The van der Waals surface area contributed by atoms with E-state index in [0.29, 0.717) is 20.8 Å². The van der Waals surface area contributed by atoms with Gasteiger partial charge in [-0.05, 0) is 24.3 Å². The van der Waals surface area contributed by atoms with Gasteiger partial charge in [0.15, 0.2) is 0 Å². The van der Waals surface area contributed by atoms with Crippen LogP contribution in [0.1, 0.15) is 10.4 Å². The molecule has 1 aromatic heterocycles. The van der Waals surface area contributed by atoms with Crippen LogP contribution in [0.3, 0.4) is 0 Å². The van der Waals surface area contributed by atoms with Gasteiger partial charge in [0.1, 0.15) is 10.1 Å². The maximum atomic E-state index is 12.3. The second-order valence-corrected chi connectivity index (χ2v) is 7.51. The summed E-state index contributed by atoms with van der Waals surface area (Å²) in [4.78, 5) is 25.7. The Bertz CT molecular complexity index is 779. The number of carbonyl (C=O) groups excluding carboxylic acids is 2. The van der Waals surface area contributed by atoms with Crippen molar-refractivity contribution in [3.63, 3.8) is 0 Å². The smallest absolute Gasteiger partial charge is 0.256 e. The topological polar surface area (TPSA) is 58.6 Å². The lowest BCUT2D eigenvalue weighted by Crippen LogP contribution is -2.34. The molecule has 0 atom stereocenters. The third-order valence-corrected chi connectivity index (χ3v) is 4.77. The maximum Gasteiger partial charge on any atom is 0.256 e. The molecule has 5 nitrogen and oxygen atoms in total. The van der Waals surface area contributed by atoms with Gasteiger partial charge in [0.25, 0.3) is 5.91 Å². The number of hydrogen-bond acceptors (Lipinski definition) is 4. The molecule has 1 heterocycles. The van der Waals surface area contributed by atoms with Crippen LogP contribution in [0.5, 0.6) is 5.75 Å². The summed E-state index contributed by atoms with van der Waals surface area (Å²) in [5.74, 6) is -0.324. The molecule has 2 amide bonds. The largest absolute Gasteiger partial charge is 0.495 e. The number of carbonyl (C=O) groups is 2. The second kappa shape index (κ2) is 8.07. The van der Waals surface area contributed by atoms with Gasteiger partial charge in [-0.25, -0.2) is 0 Å². The van der Waals surface area contributed by atoms with Crippen LogP contribution in [0.4, 0.5) is 5.69 Å². The van der Waals surface area contributed by atoms with Crippen LogP contribution in [-0.2, 0) is 4.79 Å². The minimum atomic E-state index is -0.399. The van der Waals surface area contributed by atoms with E-state index in [4.69, 9.17) is 39.5 Å². The monoisotopic (exact) mass is 406 g/mol. The number of likely N-dealkylation sites (N-methyl/N-ethyl adjacent to an activating group) is 1. The summed E-state index contributed by atoms with van der Waals surface area (Å²) >= 11 is 18.8. The number of nitrogens with one attached hydrogen (secondary N) is 1. The molecule has 0 aliphatic heterocycles. The Hall–Kier alpha value is -1.47. The predicted octanol–water partition coefficient (Wildman–Crippen LogP) is 4.43. The molecule has 1 N–H and O–H groups in total. The van der Waals surface area contributed by atoms with Crippen LogP contribution in [0, 0.1) is 0 Å². The first-order valence-electron chi connectivity index (χ1n) is 6.65. The number of anilines is 1. The fraction of sp³-hybridized carbons (Fsp3) is 0.200. The summed E-state index contributed by atoms with van der Waals surface area (Å²) in [5, 5.41) is 3.11. The van der Waals surface area contributed by atoms with E-state index < -0.39 is 11.8 Å². The fourth-order valence-electron chi connectivity index (χ4n) is 1.95. The standard InChI is InChI=1S/C15H13Cl3N2O3S/c1-20(15(22)9-6-12(17)24-14(9)18)7-13(21)19-10-5-8(16)3-4-11(10)23-2/h3-6H,7H2,1-2H3,(H,19,21). The number of thiophene rings is 1. The fourth-order valence-corrected chi connectivity index (χ4v) is 3.57. The highest BCUT2D eigenvalue weighted by molar-refractivity contribution is 7.20. The third-order valence-electron chi connectivity index (χ3n) is 3.05. The summed E-state index contributed by atoms with van der Waals surface area (Å²) in [6, 6.07) is 6.33. The van der Waals surface area contributed by atoms with Crippen LogP contribution in [0.2, 0.25) is 13.7 Å². The van der Waals surface area contributed by atoms with Crippen molar-refractivity contribution in [2.24, 2.45) is 0 Å². The van der Waals surface area contributed by atoms with Crippen LogP contribution in [0.25, 0.3) is 0 Å². The Kier molecular flexibility index (Phi) is 6.34. The molecule has 0 bridgehead atoms. The molecular formula is C15H13Cl3N2O3S. The first kappa shape index (κ1) is 18.9. The van der Waals surface area contributed by atoms with E-state index in [1.807, 2.05) is 0 Å². The van der Waals surface area contributed by atoms with E-state index in [2.05, 4.69) is 5.32 Å². The Morgan fingerprint density at radius 3 is 2.54 bits per heavy atom. The molecule has 2 aromatic rings. The van der Waals surface area contributed by atoms with Crippen molar-refractivity contribution in [1.82, 2.24) is 4.90 Å². The molecule has 0 saturated carbocycles. The highest BCUT2D eigenvalue weighted by atomic mass is 35.5. The summed E-state index contributed by atoms with van der Waals surface area (Å²) in [5.41, 5.74) is 0.690. The maximum absolute atomic E-state index is 12.3. The molecular weight excluding hydrogens is 395 g/mol. The van der Waals surface area contributed by atoms with Gasteiger partial charge in [-0.3, -0.25) is 9.59 Å². The lowest BCUT2D eigenvalue weighted by molar-refractivity contribution is -0.116. The van der Waals surface area contributed by atoms with E-state index in [1.165, 1.54) is 25.1 Å². The van der Waals surface area contributed by atoms with Gasteiger partial charge in [0.2, 0.25) is 5.91 Å². The van der Waals surface area contributed by atoms with Gasteiger partial charge in [0.05, 0.1) is 29.2 Å². The highest BCUT2D eigenvalue weighted by Crippen LogP contribution is 2.32. The molecule has 0 radical (unpaired) electrons. The number of hydrogen-bond donors (Lipinski definition) is 1. The zero-order chi connectivity index (χ0) is 17.9. The predicted molar refractivity (Wildman–Crippen MR) is 97.9 cm³/mol. The van der Waals surface area contributed by atoms with Gasteiger partial charge in [-0.2, -0.15) is 0 Å². The molecule has 24 heavy (non-hydrogen) atoms. The van der Waals surface area contributed by atoms with Crippen molar-refractivity contribution in [2.45, 2.75) is 0 Å². The highest BCUT2D eigenvalue weighted by Gasteiger charge is 2.20. The van der Waals surface area contributed by atoms with Crippen molar-refractivity contribution in [3.05, 3.63) is 43.5 Å². The number of benzene rings is 1. The van der Waals surface area contributed by atoms with Crippen LogP contribution >= 0.6 is 46.1 Å². The van der Waals surface area contributed by atoms with Crippen LogP contribution in [-0.4, -0.2) is 37.4 Å². The van der Waals surface area contributed by atoms with E-state index in [1.54, 1.807) is 18.2 Å². The number of rotatable bonds is 5. The van der Waals surface area contributed by atoms with Crippen molar-refractivity contribution in [3.8, 4) is 5.75 Å². The first-order chi connectivity index (χ1) is 11.3. The van der Waals surface area contributed by atoms with Crippen LogP contribution in [0.15, 0.2) is 24.3 Å². The molecule has 0 aliphatic carbocycles. The molecule has 0 unspecified atom stereocenters. The molecule has 1 aromatic carbocycles. The van der Waals surface area contributed by atoms with Gasteiger partial charge in [-0.1, -0.05) is 34.8 Å². The zero-order valence-corrected chi connectivity index (χ0v) is 15.8. The van der Waals surface area contributed by atoms with Crippen molar-refractivity contribution in [1.29, 1.82) is 0 Å². The van der Waals surface area contributed by atoms with Gasteiger partial charge < -0.3 is 15.0 Å². The average molecular weight is 408 g/mol. The van der Waals surface area contributed by atoms with Gasteiger partial charge in [0, 0.05) is 12.1 Å². The molecule has 0 saturated heterocycles. The summed E-state index contributed by atoms with van der Waals surface area (Å²) in [7, 11) is 2.98. The number of amides is 2. The summed E-state index contributed by atoms with van der Waals surface area (Å²) in [6.45, 7) is -0.168. The van der Waals surface area contributed by atoms with E-state index in [-0.39, 0.29) is 16.4 Å². The van der Waals surface area contributed by atoms with E-state index in [0.717, 1.165) is 11.3 Å². The normalized spacial score (nSPS) is 10.4. The Balaban J connectivity index is 2.05. The SMILES string of the molecule is COc1ccc(Cl)cc1NC(=O)CN(C)C(=O)c1cc(Cl)sc1Cl. The molecule has 0 aliphatic rings. The van der Waals surface area contributed by atoms with Gasteiger partial charge >= 0.3 is 0 Å². The minimum absolute atomic E-state index is 0.168. The third kappa shape index (κ3) is 4.54. The Morgan fingerprint density at radius 2 is 1.96 bits per heavy atom. The number of ether oxygens (including phenoxy) is 1. The molecule has 9 heteroatoms. The Morgan fingerprint density at radius 1 is 1.25 bits per heavy atom. The van der Waals surface area contributed by atoms with Crippen LogP contribution < -0.4 is 10.1 Å². The number of methoxy groups -OCH3 is 1. The molecule has 128 valence electrons. The lowest BCUT2D eigenvalue weighted by Gasteiger charge is -2.17. The quantitative estimate of drug-likeness (QED) is 0.798. The van der Waals surface area contributed by atoms with E-state index >= 15 is 0 Å². The van der Waals surface area contributed by atoms with E-state index in [9.17, 15) is 9.59 Å². The van der Waals surface area contributed by atoms with Crippen molar-refractivity contribution < 1.29 is 14.3 Å². The molecule has 0 fully saturated rings. The molecule has 2 rings (SSSR count). The first-order valence-corrected chi connectivity index (χ1v) is 8.60. The minimum Gasteiger partial charge on any atom is -0.495 e. The Labute approximate surface area is 158 Å². The number of nitrogens with zero attached hydrogens (tertiary/aromatic N) is 1. The summed E-state index contributed by atoms with van der Waals surface area (Å²) < 4.78 is 5.85.